The van der Waals surface area contributed by atoms with Crippen LogP contribution in [-0.2, 0) is 17.8 Å². The van der Waals surface area contributed by atoms with Crippen molar-refractivity contribution in [3.63, 3.8) is 0 Å². The summed E-state index contributed by atoms with van der Waals surface area (Å²) in [6.07, 6.45) is 1.53. The number of nitrogens with zero attached hydrogens (tertiary/aromatic N) is 2. The topological polar surface area (TPSA) is 46.9 Å². The number of benzene rings is 2. The average molecular weight is 376 g/mol. The lowest BCUT2D eigenvalue weighted by molar-refractivity contribution is -0.121. The molecule has 3 aromatic rings. The van der Waals surface area contributed by atoms with Gasteiger partial charge in [-0.15, -0.1) is 0 Å². The Morgan fingerprint density at radius 3 is 2.60 bits per heavy atom. The van der Waals surface area contributed by atoms with E-state index in [-0.39, 0.29) is 12.5 Å². The second kappa shape index (κ2) is 7.89. The fourth-order valence-corrected chi connectivity index (χ4v) is 3.04. The van der Waals surface area contributed by atoms with Gasteiger partial charge in [0.05, 0.1) is 21.1 Å². The highest BCUT2D eigenvalue weighted by Crippen LogP contribution is 2.29. The van der Waals surface area contributed by atoms with Crippen molar-refractivity contribution in [3.05, 3.63) is 63.9 Å². The number of carbonyl (C=O) groups is 1. The molecule has 130 valence electrons. The van der Waals surface area contributed by atoms with Crippen LogP contribution in [0.3, 0.4) is 0 Å². The lowest BCUT2D eigenvalue weighted by atomic mass is 10.1. The molecular formula is C19H19Cl2N3O. The fourth-order valence-electron chi connectivity index (χ4n) is 2.72. The molecule has 1 amide bonds. The van der Waals surface area contributed by atoms with E-state index >= 15 is 0 Å². The number of aromatic nitrogens is 2. The summed E-state index contributed by atoms with van der Waals surface area (Å²) in [6, 6.07) is 13.6. The van der Waals surface area contributed by atoms with E-state index in [1.807, 2.05) is 41.8 Å². The van der Waals surface area contributed by atoms with Crippen molar-refractivity contribution in [2.24, 2.45) is 0 Å². The zero-order valence-corrected chi connectivity index (χ0v) is 15.4. The summed E-state index contributed by atoms with van der Waals surface area (Å²) in [7, 11) is 0. The second-order valence-electron chi connectivity index (χ2n) is 5.88. The monoisotopic (exact) mass is 375 g/mol. The number of carbonyl (C=O) groups excluding carboxylic acids is 1. The molecular weight excluding hydrogens is 357 g/mol. The number of hydrogen-bond donors (Lipinski definition) is 1. The maximum atomic E-state index is 12.3. The van der Waals surface area contributed by atoms with E-state index in [0.29, 0.717) is 23.0 Å². The molecule has 4 nitrogen and oxygen atoms in total. The van der Waals surface area contributed by atoms with Gasteiger partial charge in [-0.25, -0.2) is 4.98 Å². The first-order chi connectivity index (χ1) is 12.1. The molecule has 0 spiro atoms. The molecule has 6 heteroatoms. The largest absolute Gasteiger partial charge is 0.355 e. The lowest BCUT2D eigenvalue weighted by Gasteiger charge is -2.10. The number of rotatable bonds is 6. The van der Waals surface area contributed by atoms with Gasteiger partial charge in [0, 0.05) is 13.0 Å². The SMILES string of the molecule is CCCNC(=O)Cn1c(Cc2ccccc2)nc2cc(Cl)c(Cl)cc21. The third-order valence-electron chi connectivity index (χ3n) is 3.95. The average Bonchev–Trinajstić information content (AvgIpc) is 2.91. The Morgan fingerprint density at radius 2 is 1.88 bits per heavy atom. The molecule has 0 saturated heterocycles. The molecule has 0 aliphatic heterocycles. The van der Waals surface area contributed by atoms with Crippen LogP contribution in [0.5, 0.6) is 0 Å². The van der Waals surface area contributed by atoms with Gasteiger partial charge in [0.1, 0.15) is 12.4 Å². The van der Waals surface area contributed by atoms with Crippen LogP contribution in [0.25, 0.3) is 11.0 Å². The maximum Gasteiger partial charge on any atom is 0.240 e. The van der Waals surface area contributed by atoms with Crippen LogP contribution in [0.4, 0.5) is 0 Å². The van der Waals surface area contributed by atoms with Crippen molar-refractivity contribution >= 4 is 40.1 Å². The zero-order valence-electron chi connectivity index (χ0n) is 13.9. The standard InChI is InChI=1S/C19H19Cl2N3O/c1-2-8-22-19(25)12-24-17-11-15(21)14(20)10-16(17)23-18(24)9-13-6-4-3-5-7-13/h3-7,10-11H,2,8-9,12H2,1H3,(H,22,25). The highest BCUT2D eigenvalue weighted by atomic mass is 35.5. The fraction of sp³-hybridized carbons (Fsp3) is 0.263. The van der Waals surface area contributed by atoms with Gasteiger partial charge in [0.25, 0.3) is 0 Å². The highest BCUT2D eigenvalue weighted by Gasteiger charge is 2.16. The summed E-state index contributed by atoms with van der Waals surface area (Å²) in [5, 5.41) is 3.82. The normalized spacial score (nSPS) is 11.0. The lowest BCUT2D eigenvalue weighted by Crippen LogP contribution is -2.28. The predicted molar refractivity (Wildman–Crippen MR) is 102 cm³/mol. The molecule has 1 N–H and O–H groups in total. The van der Waals surface area contributed by atoms with Crippen molar-refractivity contribution in [1.29, 1.82) is 0 Å². The van der Waals surface area contributed by atoms with E-state index in [9.17, 15) is 4.79 Å². The number of halogens is 2. The molecule has 0 aliphatic carbocycles. The van der Waals surface area contributed by atoms with Gasteiger partial charge in [-0.2, -0.15) is 0 Å². The molecule has 0 atom stereocenters. The Hall–Kier alpha value is -2.04. The molecule has 1 aromatic heterocycles. The van der Waals surface area contributed by atoms with E-state index in [1.165, 1.54) is 0 Å². The summed E-state index contributed by atoms with van der Waals surface area (Å²) >= 11 is 12.3. The third kappa shape index (κ3) is 4.14. The van der Waals surface area contributed by atoms with E-state index in [4.69, 9.17) is 23.2 Å². The van der Waals surface area contributed by atoms with Crippen LogP contribution in [0.1, 0.15) is 24.7 Å². The minimum Gasteiger partial charge on any atom is -0.355 e. The van der Waals surface area contributed by atoms with Gasteiger partial charge in [-0.1, -0.05) is 60.5 Å². The van der Waals surface area contributed by atoms with Crippen molar-refractivity contribution in [3.8, 4) is 0 Å². The second-order valence-corrected chi connectivity index (χ2v) is 6.70. The zero-order chi connectivity index (χ0) is 17.8. The first kappa shape index (κ1) is 17.8. The molecule has 0 saturated carbocycles. The Morgan fingerprint density at radius 1 is 1.16 bits per heavy atom. The summed E-state index contributed by atoms with van der Waals surface area (Å²) in [5.74, 6) is 0.771. The molecule has 0 bridgehead atoms. The predicted octanol–water partition coefficient (Wildman–Crippen LogP) is 4.46. The Kier molecular flexibility index (Phi) is 5.61. The minimum atomic E-state index is -0.0402. The van der Waals surface area contributed by atoms with E-state index in [0.717, 1.165) is 28.8 Å². The smallest absolute Gasteiger partial charge is 0.240 e. The Labute approximate surface area is 156 Å². The van der Waals surface area contributed by atoms with Crippen molar-refractivity contribution in [2.75, 3.05) is 6.54 Å². The van der Waals surface area contributed by atoms with Gasteiger partial charge in [-0.3, -0.25) is 4.79 Å². The molecule has 1 heterocycles. The van der Waals surface area contributed by atoms with E-state index < -0.39 is 0 Å². The number of imidazole rings is 1. The maximum absolute atomic E-state index is 12.3. The molecule has 2 aromatic carbocycles. The summed E-state index contributed by atoms with van der Waals surface area (Å²) < 4.78 is 1.91. The Bertz CT molecular complexity index is 891. The van der Waals surface area contributed by atoms with Crippen LogP contribution < -0.4 is 5.32 Å². The van der Waals surface area contributed by atoms with E-state index in [2.05, 4.69) is 10.3 Å². The van der Waals surface area contributed by atoms with Crippen molar-refractivity contribution in [2.45, 2.75) is 26.3 Å². The van der Waals surface area contributed by atoms with E-state index in [1.54, 1.807) is 12.1 Å². The van der Waals surface area contributed by atoms with Crippen LogP contribution >= 0.6 is 23.2 Å². The molecule has 25 heavy (non-hydrogen) atoms. The molecule has 0 radical (unpaired) electrons. The minimum absolute atomic E-state index is 0.0402. The number of fused-ring (bicyclic) bond motifs is 1. The molecule has 3 rings (SSSR count). The summed E-state index contributed by atoms with van der Waals surface area (Å²) in [5.41, 5.74) is 2.68. The summed E-state index contributed by atoms with van der Waals surface area (Å²) in [4.78, 5) is 16.9. The quantitative estimate of drug-likeness (QED) is 0.691. The van der Waals surface area contributed by atoms with Crippen LogP contribution in [0.15, 0.2) is 42.5 Å². The van der Waals surface area contributed by atoms with Crippen LogP contribution in [0.2, 0.25) is 10.0 Å². The van der Waals surface area contributed by atoms with Crippen molar-refractivity contribution < 1.29 is 4.79 Å². The molecule has 0 unspecified atom stereocenters. The summed E-state index contributed by atoms with van der Waals surface area (Å²) in [6.45, 7) is 2.89. The number of nitrogens with one attached hydrogen (secondary N) is 1. The first-order valence-corrected chi connectivity index (χ1v) is 8.99. The van der Waals surface area contributed by atoms with Gasteiger partial charge in [0.2, 0.25) is 5.91 Å². The van der Waals surface area contributed by atoms with Crippen LogP contribution in [-0.4, -0.2) is 22.0 Å². The van der Waals surface area contributed by atoms with Gasteiger partial charge < -0.3 is 9.88 Å². The first-order valence-electron chi connectivity index (χ1n) is 8.23. The molecule has 0 aliphatic rings. The van der Waals surface area contributed by atoms with Gasteiger partial charge >= 0.3 is 0 Å². The molecule has 0 fully saturated rings. The Balaban J connectivity index is 2.01. The highest BCUT2D eigenvalue weighted by molar-refractivity contribution is 6.42. The third-order valence-corrected chi connectivity index (χ3v) is 4.67. The van der Waals surface area contributed by atoms with Gasteiger partial charge in [0.15, 0.2) is 0 Å². The number of hydrogen-bond acceptors (Lipinski definition) is 2. The number of amides is 1. The van der Waals surface area contributed by atoms with Crippen LogP contribution in [0, 0.1) is 0 Å². The van der Waals surface area contributed by atoms with Crippen molar-refractivity contribution in [1.82, 2.24) is 14.9 Å². The van der Waals surface area contributed by atoms with Gasteiger partial charge in [-0.05, 0) is 24.1 Å².